The van der Waals surface area contributed by atoms with E-state index in [1.54, 1.807) is 11.0 Å². The van der Waals surface area contributed by atoms with Crippen molar-refractivity contribution < 1.29 is 9.59 Å². The normalized spacial score (nSPS) is 17.7. The summed E-state index contributed by atoms with van der Waals surface area (Å²) < 4.78 is 0. The van der Waals surface area contributed by atoms with Crippen LogP contribution in [0.2, 0.25) is 10.0 Å². The summed E-state index contributed by atoms with van der Waals surface area (Å²) in [5, 5.41) is 6.73. The van der Waals surface area contributed by atoms with Crippen LogP contribution in [0.5, 0.6) is 0 Å². The van der Waals surface area contributed by atoms with E-state index in [4.69, 9.17) is 23.2 Å². The number of hydrogen-bond donors (Lipinski definition) is 2. The van der Waals surface area contributed by atoms with Gasteiger partial charge in [0.25, 0.3) is 0 Å². The molecule has 1 saturated heterocycles. The van der Waals surface area contributed by atoms with E-state index in [0.29, 0.717) is 42.0 Å². The van der Waals surface area contributed by atoms with Crippen molar-refractivity contribution in [2.45, 2.75) is 13.3 Å². The molecule has 2 N–H and O–H groups in total. The first-order valence-electron chi connectivity index (χ1n) is 7.11. The van der Waals surface area contributed by atoms with Crippen molar-refractivity contribution in [3.05, 3.63) is 22.3 Å². The van der Waals surface area contributed by atoms with E-state index in [9.17, 15) is 9.59 Å². The molecule has 0 spiro atoms. The summed E-state index contributed by atoms with van der Waals surface area (Å²) in [6, 6.07) is 1.60. The number of likely N-dealkylation sites (tertiary alicyclic amines) is 1. The third-order valence-electron chi connectivity index (χ3n) is 3.49. The quantitative estimate of drug-likeness (QED) is 0.771. The Balaban J connectivity index is 1.72. The first kappa shape index (κ1) is 16.8. The number of amides is 2. The Bertz CT molecular complexity index is 568. The largest absolute Gasteiger partial charge is 0.367 e. The highest BCUT2D eigenvalue weighted by atomic mass is 35.5. The van der Waals surface area contributed by atoms with Gasteiger partial charge in [-0.25, -0.2) is 4.98 Å². The van der Waals surface area contributed by atoms with Gasteiger partial charge in [-0.1, -0.05) is 23.2 Å². The van der Waals surface area contributed by atoms with Crippen LogP contribution in [0.15, 0.2) is 12.3 Å². The van der Waals surface area contributed by atoms with E-state index in [1.807, 2.05) is 6.92 Å². The molecule has 2 rings (SSSR count). The van der Waals surface area contributed by atoms with Gasteiger partial charge in [-0.15, -0.1) is 0 Å². The Morgan fingerprint density at radius 1 is 1.45 bits per heavy atom. The fraction of sp³-hybridized carbons (Fsp3) is 0.500. The molecule has 120 valence electrons. The summed E-state index contributed by atoms with van der Waals surface area (Å²) in [6.45, 7) is 3.96. The van der Waals surface area contributed by atoms with Crippen LogP contribution < -0.4 is 10.6 Å². The summed E-state index contributed by atoms with van der Waals surface area (Å²) in [4.78, 5) is 29.4. The van der Waals surface area contributed by atoms with Gasteiger partial charge < -0.3 is 15.5 Å². The second kappa shape index (κ2) is 7.65. The van der Waals surface area contributed by atoms with Gasteiger partial charge in [0, 0.05) is 38.8 Å². The van der Waals surface area contributed by atoms with Crippen molar-refractivity contribution in [3.63, 3.8) is 0 Å². The van der Waals surface area contributed by atoms with Crippen molar-refractivity contribution in [1.82, 2.24) is 15.2 Å². The van der Waals surface area contributed by atoms with Crippen molar-refractivity contribution in [3.8, 4) is 0 Å². The molecule has 22 heavy (non-hydrogen) atoms. The second-order valence-electron chi connectivity index (χ2n) is 5.04. The molecule has 1 unspecified atom stereocenters. The van der Waals surface area contributed by atoms with Crippen molar-refractivity contribution in [2.24, 2.45) is 5.92 Å². The average molecular weight is 345 g/mol. The highest BCUT2D eigenvalue weighted by Gasteiger charge is 2.32. The van der Waals surface area contributed by atoms with E-state index < -0.39 is 0 Å². The molecule has 2 heterocycles. The van der Waals surface area contributed by atoms with Crippen LogP contribution in [0.4, 0.5) is 5.82 Å². The molecule has 8 heteroatoms. The summed E-state index contributed by atoms with van der Waals surface area (Å²) >= 11 is 11.7. The standard InChI is InChI=1S/C14H18Cl2N4O2/c1-2-20-8-9(5-12(20)21)14(22)18-4-3-17-13-11(16)6-10(15)7-19-13/h6-7,9H,2-5,8H2,1H3,(H,17,19)(H,18,22). The molecule has 0 aliphatic carbocycles. The number of halogens is 2. The van der Waals surface area contributed by atoms with Gasteiger partial charge in [0.15, 0.2) is 0 Å². The molecular formula is C14H18Cl2N4O2. The van der Waals surface area contributed by atoms with Gasteiger partial charge in [0.1, 0.15) is 5.82 Å². The first-order valence-corrected chi connectivity index (χ1v) is 7.87. The Labute approximate surface area is 139 Å². The number of rotatable bonds is 6. The monoisotopic (exact) mass is 344 g/mol. The molecule has 1 fully saturated rings. The molecule has 2 amide bonds. The molecule has 0 radical (unpaired) electrons. The number of anilines is 1. The smallest absolute Gasteiger partial charge is 0.225 e. The maximum atomic E-state index is 12.0. The number of pyridine rings is 1. The molecule has 6 nitrogen and oxygen atoms in total. The minimum absolute atomic E-state index is 0.0397. The maximum absolute atomic E-state index is 12.0. The van der Waals surface area contributed by atoms with E-state index in [-0.39, 0.29) is 24.2 Å². The highest BCUT2D eigenvalue weighted by Crippen LogP contribution is 2.22. The number of nitrogens with one attached hydrogen (secondary N) is 2. The number of hydrogen-bond acceptors (Lipinski definition) is 4. The lowest BCUT2D eigenvalue weighted by molar-refractivity contribution is -0.128. The van der Waals surface area contributed by atoms with Crippen molar-refractivity contribution in [2.75, 3.05) is 31.5 Å². The van der Waals surface area contributed by atoms with Gasteiger partial charge in [-0.05, 0) is 13.0 Å². The van der Waals surface area contributed by atoms with E-state index in [2.05, 4.69) is 15.6 Å². The van der Waals surface area contributed by atoms with Crippen molar-refractivity contribution >= 4 is 40.8 Å². The van der Waals surface area contributed by atoms with Gasteiger partial charge >= 0.3 is 0 Å². The molecule has 1 aromatic heterocycles. The number of nitrogens with zero attached hydrogens (tertiary/aromatic N) is 2. The van der Waals surface area contributed by atoms with E-state index in [0.717, 1.165) is 0 Å². The number of aromatic nitrogens is 1. The number of carbonyl (C=O) groups is 2. The van der Waals surface area contributed by atoms with Gasteiger partial charge in [-0.3, -0.25) is 9.59 Å². The topological polar surface area (TPSA) is 74.3 Å². The van der Waals surface area contributed by atoms with Crippen LogP contribution in [0.25, 0.3) is 0 Å². The molecule has 1 aliphatic rings. The van der Waals surface area contributed by atoms with Crippen LogP contribution in [0.3, 0.4) is 0 Å². The second-order valence-corrected chi connectivity index (χ2v) is 5.88. The summed E-state index contributed by atoms with van der Waals surface area (Å²) in [6.07, 6.45) is 1.79. The molecular weight excluding hydrogens is 327 g/mol. The van der Waals surface area contributed by atoms with E-state index >= 15 is 0 Å². The molecule has 1 aromatic rings. The fourth-order valence-electron chi connectivity index (χ4n) is 2.31. The zero-order valence-corrected chi connectivity index (χ0v) is 13.7. The Kier molecular flexibility index (Phi) is 5.85. The van der Waals surface area contributed by atoms with Gasteiger partial charge in [-0.2, -0.15) is 0 Å². The summed E-state index contributed by atoms with van der Waals surface area (Å²) in [7, 11) is 0. The molecule has 1 aliphatic heterocycles. The average Bonchev–Trinajstić information content (AvgIpc) is 2.86. The van der Waals surface area contributed by atoms with Crippen LogP contribution in [-0.2, 0) is 9.59 Å². The molecule has 0 saturated carbocycles. The molecule has 0 bridgehead atoms. The Hall–Kier alpha value is -1.53. The zero-order valence-electron chi connectivity index (χ0n) is 12.2. The predicted octanol–water partition coefficient (Wildman–Crippen LogP) is 1.78. The molecule has 0 aromatic carbocycles. The van der Waals surface area contributed by atoms with Crippen LogP contribution in [-0.4, -0.2) is 47.9 Å². The van der Waals surface area contributed by atoms with Crippen LogP contribution in [0, 0.1) is 5.92 Å². The summed E-state index contributed by atoms with van der Waals surface area (Å²) in [5.74, 6) is 0.206. The molecule has 1 atom stereocenters. The minimum Gasteiger partial charge on any atom is -0.367 e. The third kappa shape index (κ3) is 4.24. The van der Waals surface area contributed by atoms with Gasteiger partial charge in [0.05, 0.1) is 16.0 Å². The zero-order chi connectivity index (χ0) is 16.1. The third-order valence-corrected chi connectivity index (χ3v) is 3.99. The Morgan fingerprint density at radius 2 is 2.23 bits per heavy atom. The fourth-order valence-corrected chi connectivity index (χ4v) is 2.76. The predicted molar refractivity (Wildman–Crippen MR) is 86.1 cm³/mol. The maximum Gasteiger partial charge on any atom is 0.225 e. The lowest BCUT2D eigenvalue weighted by atomic mass is 10.1. The minimum atomic E-state index is -0.260. The SMILES string of the molecule is CCN1CC(C(=O)NCCNc2ncc(Cl)cc2Cl)CC1=O. The number of carbonyl (C=O) groups excluding carboxylic acids is 2. The lowest BCUT2D eigenvalue weighted by Gasteiger charge is -2.14. The lowest BCUT2D eigenvalue weighted by Crippen LogP contribution is -2.35. The van der Waals surface area contributed by atoms with Crippen molar-refractivity contribution in [1.29, 1.82) is 0 Å². The highest BCUT2D eigenvalue weighted by molar-refractivity contribution is 6.35. The first-order chi connectivity index (χ1) is 10.5. The van der Waals surface area contributed by atoms with E-state index in [1.165, 1.54) is 6.20 Å². The Morgan fingerprint density at radius 3 is 2.86 bits per heavy atom. The van der Waals surface area contributed by atoms with Crippen LogP contribution >= 0.6 is 23.2 Å². The van der Waals surface area contributed by atoms with Crippen LogP contribution in [0.1, 0.15) is 13.3 Å². The summed E-state index contributed by atoms with van der Waals surface area (Å²) in [5.41, 5.74) is 0. The van der Waals surface area contributed by atoms with Gasteiger partial charge in [0.2, 0.25) is 11.8 Å².